The lowest BCUT2D eigenvalue weighted by Gasteiger charge is -2.22. The smallest absolute Gasteiger partial charge is 0.240 e. The summed E-state index contributed by atoms with van der Waals surface area (Å²) in [6.45, 7) is 2.82. The Morgan fingerprint density at radius 2 is 2.12 bits per heavy atom. The lowest BCUT2D eigenvalue weighted by Crippen LogP contribution is -2.33. The fourth-order valence-corrected chi connectivity index (χ4v) is 4.67. The first kappa shape index (κ1) is 22.6. The van der Waals surface area contributed by atoms with Crippen LogP contribution in [-0.2, 0) is 26.0 Å². The molecule has 3 aromatic rings. The SMILES string of the molecule is COC(c1ncc(Cl)cn1)C(C)S(=O)(=O)Nc1nnc([C@@H]2CCOC2)n1Cc1ccon1. The molecule has 3 aromatic heterocycles. The molecule has 0 amide bonds. The molecule has 3 atom stereocenters. The van der Waals surface area contributed by atoms with Crippen molar-refractivity contribution in [1.82, 2.24) is 29.9 Å². The van der Waals surface area contributed by atoms with Crippen molar-refractivity contribution in [2.75, 3.05) is 25.0 Å². The quantitative estimate of drug-likeness (QED) is 0.477. The van der Waals surface area contributed by atoms with E-state index >= 15 is 0 Å². The second-order valence-electron chi connectivity index (χ2n) is 7.29. The zero-order valence-electron chi connectivity index (χ0n) is 17.4. The minimum absolute atomic E-state index is 0.000676. The number of hydrogen-bond acceptors (Lipinski definition) is 10. The van der Waals surface area contributed by atoms with E-state index in [2.05, 4.69) is 30.0 Å². The van der Waals surface area contributed by atoms with E-state index in [1.165, 1.54) is 32.7 Å². The molecule has 1 saturated heterocycles. The highest BCUT2D eigenvalue weighted by molar-refractivity contribution is 7.93. The van der Waals surface area contributed by atoms with E-state index < -0.39 is 21.4 Å². The van der Waals surface area contributed by atoms with Gasteiger partial charge in [-0.25, -0.2) is 18.4 Å². The van der Waals surface area contributed by atoms with Crippen LogP contribution in [0.2, 0.25) is 5.02 Å². The zero-order valence-corrected chi connectivity index (χ0v) is 19.0. The summed E-state index contributed by atoms with van der Waals surface area (Å²) in [6.07, 6.45) is 4.04. The molecule has 0 bridgehead atoms. The van der Waals surface area contributed by atoms with E-state index in [-0.39, 0.29) is 24.2 Å². The van der Waals surface area contributed by atoms with Crippen LogP contribution in [0.1, 0.15) is 42.7 Å². The Balaban J connectivity index is 1.62. The Hall–Kier alpha value is -2.61. The highest BCUT2D eigenvalue weighted by atomic mass is 35.5. The van der Waals surface area contributed by atoms with E-state index in [1.54, 1.807) is 10.6 Å². The van der Waals surface area contributed by atoms with E-state index in [1.807, 2.05) is 0 Å². The van der Waals surface area contributed by atoms with Crippen molar-refractivity contribution in [3.05, 3.63) is 47.1 Å². The van der Waals surface area contributed by atoms with Crippen LogP contribution in [-0.4, -0.2) is 63.9 Å². The zero-order chi connectivity index (χ0) is 22.7. The molecule has 2 unspecified atom stereocenters. The molecule has 4 rings (SSSR count). The Kier molecular flexibility index (Phi) is 6.69. The third-order valence-electron chi connectivity index (χ3n) is 5.18. The van der Waals surface area contributed by atoms with E-state index in [0.29, 0.717) is 29.8 Å². The minimum Gasteiger partial charge on any atom is -0.381 e. The average Bonchev–Trinajstić information content (AvgIpc) is 3.53. The molecule has 1 fully saturated rings. The Bertz CT molecular complexity index is 1130. The predicted octanol–water partition coefficient (Wildman–Crippen LogP) is 1.78. The van der Waals surface area contributed by atoms with Crippen LogP contribution in [0.15, 0.2) is 29.2 Å². The van der Waals surface area contributed by atoms with Gasteiger partial charge in [-0.1, -0.05) is 16.8 Å². The number of nitrogens with zero attached hydrogens (tertiary/aromatic N) is 6. The number of sulfonamides is 1. The molecule has 12 nitrogen and oxygen atoms in total. The lowest BCUT2D eigenvalue weighted by atomic mass is 10.1. The van der Waals surface area contributed by atoms with E-state index in [9.17, 15) is 8.42 Å². The second-order valence-corrected chi connectivity index (χ2v) is 9.76. The van der Waals surface area contributed by atoms with E-state index in [0.717, 1.165) is 6.42 Å². The number of nitrogens with one attached hydrogen (secondary N) is 1. The van der Waals surface area contributed by atoms with Crippen LogP contribution >= 0.6 is 11.6 Å². The number of rotatable bonds is 9. The first-order valence-corrected chi connectivity index (χ1v) is 11.7. The number of hydrogen-bond donors (Lipinski definition) is 1. The molecule has 0 radical (unpaired) electrons. The normalized spacial score (nSPS) is 18.5. The summed E-state index contributed by atoms with van der Waals surface area (Å²) >= 11 is 5.83. The van der Waals surface area contributed by atoms with Crippen LogP contribution in [0, 0.1) is 0 Å². The summed E-state index contributed by atoms with van der Waals surface area (Å²) < 4.78 is 46.4. The molecule has 1 aliphatic heterocycles. The Morgan fingerprint density at radius 1 is 1.34 bits per heavy atom. The van der Waals surface area contributed by atoms with Gasteiger partial charge in [0, 0.05) is 38.1 Å². The van der Waals surface area contributed by atoms with Gasteiger partial charge in [0.05, 0.1) is 18.2 Å². The van der Waals surface area contributed by atoms with Crippen molar-refractivity contribution in [3.63, 3.8) is 0 Å². The summed E-state index contributed by atoms with van der Waals surface area (Å²) in [5.74, 6) is 0.871. The average molecular weight is 484 g/mol. The highest BCUT2D eigenvalue weighted by Crippen LogP contribution is 2.28. The van der Waals surface area contributed by atoms with Crippen molar-refractivity contribution in [2.24, 2.45) is 0 Å². The number of methoxy groups -OCH3 is 1. The fourth-order valence-electron chi connectivity index (χ4n) is 3.43. The maximum Gasteiger partial charge on any atom is 0.240 e. The Morgan fingerprint density at radius 3 is 2.75 bits per heavy atom. The summed E-state index contributed by atoms with van der Waals surface area (Å²) in [5.41, 5.74) is 0.600. The van der Waals surface area contributed by atoms with E-state index in [4.69, 9.17) is 25.6 Å². The maximum absolute atomic E-state index is 13.2. The topological polar surface area (TPSA) is 147 Å². The number of halogens is 1. The fraction of sp³-hybridized carbons (Fsp3) is 0.500. The van der Waals surface area contributed by atoms with Crippen LogP contribution < -0.4 is 4.72 Å². The van der Waals surface area contributed by atoms with Gasteiger partial charge < -0.3 is 14.0 Å². The molecular formula is C18H22ClN7O5S. The third-order valence-corrected chi connectivity index (χ3v) is 7.07. The summed E-state index contributed by atoms with van der Waals surface area (Å²) in [7, 11) is -2.59. The maximum atomic E-state index is 13.2. The predicted molar refractivity (Wildman–Crippen MR) is 113 cm³/mol. The molecule has 0 aromatic carbocycles. The molecule has 32 heavy (non-hydrogen) atoms. The van der Waals surface area contributed by atoms with Crippen molar-refractivity contribution >= 4 is 27.6 Å². The molecule has 1 aliphatic rings. The summed E-state index contributed by atoms with van der Waals surface area (Å²) in [4.78, 5) is 8.18. The number of anilines is 1. The molecule has 0 aliphatic carbocycles. The molecular weight excluding hydrogens is 462 g/mol. The van der Waals surface area contributed by atoms with Gasteiger partial charge >= 0.3 is 0 Å². The monoisotopic (exact) mass is 483 g/mol. The number of aromatic nitrogens is 6. The Labute approximate surface area is 189 Å². The van der Waals surface area contributed by atoms with Crippen LogP contribution in [0.5, 0.6) is 0 Å². The van der Waals surface area contributed by atoms with Gasteiger partial charge in [-0.15, -0.1) is 10.2 Å². The van der Waals surface area contributed by atoms with Crippen molar-refractivity contribution in [2.45, 2.75) is 37.2 Å². The van der Waals surface area contributed by atoms with Gasteiger partial charge in [-0.05, 0) is 13.3 Å². The summed E-state index contributed by atoms with van der Waals surface area (Å²) in [6, 6.07) is 1.69. The molecule has 172 valence electrons. The second kappa shape index (κ2) is 9.48. The largest absolute Gasteiger partial charge is 0.381 e. The van der Waals surface area contributed by atoms with Crippen LogP contribution in [0.4, 0.5) is 5.95 Å². The van der Waals surface area contributed by atoms with Crippen LogP contribution in [0.25, 0.3) is 0 Å². The first-order valence-electron chi connectivity index (χ1n) is 9.81. The van der Waals surface area contributed by atoms with Gasteiger partial charge in [0.2, 0.25) is 16.0 Å². The summed E-state index contributed by atoms with van der Waals surface area (Å²) in [5, 5.41) is 11.5. The first-order chi connectivity index (χ1) is 15.4. The lowest BCUT2D eigenvalue weighted by molar-refractivity contribution is 0.0950. The van der Waals surface area contributed by atoms with Gasteiger partial charge in [0.15, 0.2) is 5.82 Å². The minimum atomic E-state index is -3.98. The van der Waals surface area contributed by atoms with Crippen molar-refractivity contribution < 1.29 is 22.4 Å². The highest BCUT2D eigenvalue weighted by Gasteiger charge is 2.35. The molecule has 1 N–H and O–H groups in total. The van der Waals surface area contributed by atoms with Crippen molar-refractivity contribution in [3.8, 4) is 0 Å². The molecule has 14 heteroatoms. The number of ether oxygens (including phenoxy) is 2. The van der Waals surface area contributed by atoms with Gasteiger partial charge in [0.1, 0.15) is 29.1 Å². The standard InChI is InChI=1S/C18H22ClN7O5S/c1-11(15(29-2)16-20-7-13(19)8-21-16)32(27,28)25-18-23-22-17(12-3-5-30-10-12)26(18)9-14-4-6-31-24-14/h4,6-8,11-12,15H,3,5,9-10H2,1-2H3,(H,23,25)/t11?,12-,15?/m1/s1. The van der Waals surface area contributed by atoms with Gasteiger partial charge in [0.25, 0.3) is 0 Å². The van der Waals surface area contributed by atoms with Crippen molar-refractivity contribution in [1.29, 1.82) is 0 Å². The van der Waals surface area contributed by atoms with Gasteiger partial charge in [-0.3, -0.25) is 9.29 Å². The van der Waals surface area contributed by atoms with Crippen LogP contribution in [0.3, 0.4) is 0 Å². The third kappa shape index (κ3) is 4.75. The molecule has 0 spiro atoms. The molecule has 4 heterocycles. The van der Waals surface area contributed by atoms with Gasteiger partial charge in [-0.2, -0.15) is 0 Å². The molecule has 0 saturated carbocycles.